The van der Waals surface area contributed by atoms with E-state index in [1.165, 1.54) is 11.3 Å². The Morgan fingerprint density at radius 2 is 1.76 bits per heavy atom. The van der Waals surface area contributed by atoms with Crippen molar-refractivity contribution >= 4 is 17.5 Å². The van der Waals surface area contributed by atoms with Crippen LogP contribution in [0.25, 0.3) is 0 Å². The van der Waals surface area contributed by atoms with Gasteiger partial charge in [0.1, 0.15) is 5.75 Å². The number of hydrogen-bond donors (Lipinski definition) is 1. The average Bonchev–Trinajstić information content (AvgIpc) is 3.65. The normalized spacial score (nSPS) is 21.7. The number of nitrogens with zero attached hydrogens (tertiary/aromatic N) is 4. The lowest BCUT2D eigenvalue weighted by Gasteiger charge is -2.40. The molecule has 4 aliphatic rings. The summed E-state index contributed by atoms with van der Waals surface area (Å²) in [5, 5.41) is 10.3. The number of carbonyl (C=O) groups is 2. The van der Waals surface area contributed by atoms with Crippen molar-refractivity contribution in [2.75, 3.05) is 31.1 Å². The third-order valence-corrected chi connectivity index (χ3v) is 9.34. The van der Waals surface area contributed by atoms with E-state index in [0.717, 1.165) is 69.4 Å². The molecule has 7 heteroatoms. The molecule has 194 valence electrons. The average molecular weight is 509 g/mol. The van der Waals surface area contributed by atoms with Crippen LogP contribution in [0.2, 0.25) is 0 Å². The molecule has 3 aromatic rings. The first-order chi connectivity index (χ1) is 18.5. The Kier molecular flexibility index (Phi) is 5.42. The maximum Gasteiger partial charge on any atom is 0.258 e. The Hall–Kier alpha value is -3.87. The molecule has 7 rings (SSSR count). The van der Waals surface area contributed by atoms with Crippen LogP contribution in [-0.2, 0) is 13.0 Å². The van der Waals surface area contributed by atoms with Crippen LogP contribution in [0.1, 0.15) is 69.1 Å². The summed E-state index contributed by atoms with van der Waals surface area (Å²) < 4.78 is 0. The number of rotatable bonds is 3. The van der Waals surface area contributed by atoms with Gasteiger partial charge in [-0.25, -0.2) is 0 Å². The van der Waals surface area contributed by atoms with Gasteiger partial charge in [-0.15, -0.1) is 0 Å². The third kappa shape index (κ3) is 3.75. The van der Waals surface area contributed by atoms with Crippen molar-refractivity contribution in [3.05, 3.63) is 88.7 Å². The van der Waals surface area contributed by atoms with Crippen LogP contribution in [0.15, 0.2) is 60.9 Å². The molecule has 1 N–H and O–H groups in total. The minimum atomic E-state index is -0.118. The highest BCUT2D eigenvalue weighted by molar-refractivity contribution is 6.01. The minimum absolute atomic E-state index is 0.0479. The summed E-state index contributed by atoms with van der Waals surface area (Å²) in [5.74, 6) is 0.0274. The van der Waals surface area contributed by atoms with Gasteiger partial charge in [-0.05, 0) is 84.5 Å². The number of aryl methyl sites for hydroxylation is 1. The van der Waals surface area contributed by atoms with E-state index in [4.69, 9.17) is 0 Å². The van der Waals surface area contributed by atoms with Gasteiger partial charge in [0.2, 0.25) is 0 Å². The first-order valence-corrected chi connectivity index (χ1v) is 13.7. The Labute approximate surface area is 222 Å². The monoisotopic (exact) mass is 508 g/mol. The zero-order valence-corrected chi connectivity index (χ0v) is 21.5. The van der Waals surface area contributed by atoms with Crippen LogP contribution < -0.4 is 4.90 Å². The first kappa shape index (κ1) is 23.3. The summed E-state index contributed by atoms with van der Waals surface area (Å²) in [7, 11) is 0. The lowest BCUT2D eigenvalue weighted by molar-refractivity contribution is 0.0699. The van der Waals surface area contributed by atoms with E-state index < -0.39 is 0 Å². The van der Waals surface area contributed by atoms with E-state index in [1.807, 2.05) is 40.4 Å². The van der Waals surface area contributed by atoms with Gasteiger partial charge in [-0.1, -0.05) is 18.2 Å². The second-order valence-electron chi connectivity index (χ2n) is 11.4. The van der Waals surface area contributed by atoms with E-state index in [1.54, 1.807) is 12.1 Å². The third-order valence-electron chi connectivity index (χ3n) is 9.34. The molecule has 0 saturated carbocycles. The van der Waals surface area contributed by atoms with Crippen molar-refractivity contribution < 1.29 is 14.7 Å². The Morgan fingerprint density at radius 3 is 2.55 bits per heavy atom. The smallest absolute Gasteiger partial charge is 0.258 e. The second kappa shape index (κ2) is 8.86. The van der Waals surface area contributed by atoms with Crippen molar-refractivity contribution in [1.29, 1.82) is 0 Å². The largest absolute Gasteiger partial charge is 0.507 e. The van der Waals surface area contributed by atoms with Gasteiger partial charge in [0.25, 0.3) is 11.8 Å². The molecule has 0 radical (unpaired) electrons. The van der Waals surface area contributed by atoms with Crippen LogP contribution in [0, 0.1) is 5.41 Å². The molecule has 3 aliphatic heterocycles. The second-order valence-corrected chi connectivity index (χ2v) is 11.4. The molecule has 0 bridgehead atoms. The van der Waals surface area contributed by atoms with Gasteiger partial charge >= 0.3 is 0 Å². The van der Waals surface area contributed by atoms with Crippen molar-refractivity contribution in [3.63, 3.8) is 0 Å². The fourth-order valence-electron chi connectivity index (χ4n) is 7.15. The molecule has 2 saturated heterocycles. The van der Waals surface area contributed by atoms with Gasteiger partial charge in [0, 0.05) is 56.4 Å². The molecule has 1 atom stereocenters. The zero-order chi connectivity index (χ0) is 25.9. The van der Waals surface area contributed by atoms with Crippen molar-refractivity contribution in [2.45, 2.75) is 44.7 Å². The highest BCUT2D eigenvalue weighted by atomic mass is 16.3. The van der Waals surface area contributed by atoms with Gasteiger partial charge < -0.3 is 19.8 Å². The number of amides is 2. The number of carbonyl (C=O) groups excluding carboxylic acids is 2. The van der Waals surface area contributed by atoms with E-state index >= 15 is 0 Å². The Balaban J connectivity index is 1.06. The molecule has 1 spiro atoms. The van der Waals surface area contributed by atoms with Crippen LogP contribution >= 0.6 is 0 Å². The molecular weight excluding hydrogens is 476 g/mol. The molecule has 7 nitrogen and oxygen atoms in total. The quantitative estimate of drug-likeness (QED) is 0.561. The molecule has 1 aromatic heterocycles. The maximum atomic E-state index is 13.7. The predicted octanol–water partition coefficient (Wildman–Crippen LogP) is 4.56. The number of aromatic hydroxyl groups is 1. The summed E-state index contributed by atoms with van der Waals surface area (Å²) >= 11 is 0. The van der Waals surface area contributed by atoms with Crippen molar-refractivity contribution in [2.24, 2.45) is 5.41 Å². The van der Waals surface area contributed by atoms with E-state index in [-0.39, 0.29) is 29.0 Å². The molecule has 1 unspecified atom stereocenters. The van der Waals surface area contributed by atoms with E-state index in [9.17, 15) is 14.7 Å². The highest BCUT2D eigenvalue weighted by Crippen LogP contribution is 2.44. The maximum absolute atomic E-state index is 13.7. The summed E-state index contributed by atoms with van der Waals surface area (Å²) in [5.41, 5.74) is 5.72. The first-order valence-electron chi connectivity index (χ1n) is 13.7. The minimum Gasteiger partial charge on any atom is -0.507 e. The van der Waals surface area contributed by atoms with Crippen LogP contribution in [0.3, 0.4) is 0 Å². The fourth-order valence-corrected chi connectivity index (χ4v) is 7.15. The van der Waals surface area contributed by atoms with Crippen molar-refractivity contribution in [3.8, 4) is 5.75 Å². The number of piperidine rings is 1. The van der Waals surface area contributed by atoms with Gasteiger partial charge in [-0.2, -0.15) is 0 Å². The topological polar surface area (TPSA) is 77.0 Å². The van der Waals surface area contributed by atoms with Gasteiger partial charge in [0.15, 0.2) is 0 Å². The van der Waals surface area contributed by atoms with Gasteiger partial charge in [-0.3, -0.25) is 14.6 Å². The molecular formula is C31H32N4O3. The van der Waals surface area contributed by atoms with Crippen LogP contribution in [0.4, 0.5) is 5.69 Å². The molecule has 4 heterocycles. The van der Waals surface area contributed by atoms with Gasteiger partial charge in [0.05, 0.1) is 11.6 Å². The standard InChI is InChI=1S/C31H32N4O3/c36-27-3-1-2-23-19-35(30(38)28(23)27)26-7-6-21-4-5-22(18-25(21)26)29(37)34-17-12-31(20-34)10-15-33(16-11-31)24-8-13-32-14-9-24/h1-5,8-9,13-14,18,26,36H,6-7,10-12,15-17,19-20H2. The summed E-state index contributed by atoms with van der Waals surface area (Å²) in [6.07, 6.45) is 8.67. The molecule has 2 aromatic carbocycles. The summed E-state index contributed by atoms with van der Waals surface area (Å²) in [6, 6.07) is 15.4. The fraction of sp³-hybridized carbons (Fsp3) is 0.387. The predicted molar refractivity (Wildman–Crippen MR) is 144 cm³/mol. The number of likely N-dealkylation sites (tertiary alicyclic amines) is 1. The summed E-state index contributed by atoms with van der Waals surface area (Å²) in [6.45, 7) is 4.13. The number of anilines is 1. The number of phenolic OH excluding ortho intramolecular Hbond substituents is 1. The van der Waals surface area contributed by atoms with Crippen LogP contribution in [-0.4, -0.2) is 57.9 Å². The number of aromatic nitrogens is 1. The lowest BCUT2D eigenvalue weighted by atomic mass is 9.77. The molecule has 1 aliphatic carbocycles. The SMILES string of the molecule is O=C(c1ccc2c(c1)C(N1Cc3cccc(O)c3C1=O)CC2)N1CCC2(CCN(c3ccncc3)CC2)C1. The number of pyridine rings is 1. The number of benzene rings is 2. The Bertz CT molecular complexity index is 1410. The highest BCUT2D eigenvalue weighted by Gasteiger charge is 2.43. The lowest BCUT2D eigenvalue weighted by Crippen LogP contribution is -2.42. The molecule has 38 heavy (non-hydrogen) atoms. The molecule has 2 amide bonds. The number of hydrogen-bond acceptors (Lipinski definition) is 5. The summed E-state index contributed by atoms with van der Waals surface area (Å²) in [4.78, 5) is 37.4. The van der Waals surface area contributed by atoms with Crippen LogP contribution in [0.5, 0.6) is 5.75 Å². The Morgan fingerprint density at radius 1 is 0.974 bits per heavy atom. The number of fused-ring (bicyclic) bond motifs is 2. The van der Waals surface area contributed by atoms with E-state index in [0.29, 0.717) is 17.7 Å². The van der Waals surface area contributed by atoms with Crippen molar-refractivity contribution in [1.82, 2.24) is 14.8 Å². The van der Waals surface area contributed by atoms with E-state index in [2.05, 4.69) is 28.1 Å². The number of phenols is 1. The molecule has 2 fully saturated rings. The zero-order valence-electron chi connectivity index (χ0n) is 21.5.